The molecule has 3 aliphatic rings. The third-order valence-electron chi connectivity index (χ3n) is 4.36. The van der Waals surface area contributed by atoms with Gasteiger partial charge in [0.1, 0.15) is 7.11 Å². The van der Waals surface area contributed by atoms with Crippen LogP contribution < -0.4 is 0 Å². The van der Waals surface area contributed by atoms with Crippen molar-refractivity contribution in [2.75, 3.05) is 14.2 Å². The van der Waals surface area contributed by atoms with E-state index in [0.717, 1.165) is 27.7 Å². The van der Waals surface area contributed by atoms with Gasteiger partial charge in [-0.1, -0.05) is 33.2 Å². The number of benzene rings is 1. The normalized spacial score (nSPS) is 17.7. The van der Waals surface area contributed by atoms with E-state index in [4.69, 9.17) is 14.4 Å². The van der Waals surface area contributed by atoms with E-state index >= 15 is 0 Å². The Morgan fingerprint density at radius 3 is 2.77 bits per heavy atom. The standard InChI is InChI=1S/C19H20BrN2O4/c1-11-8-15-10-16(17(21-25-4)19(23)24-3)18(11)26-22(15)12(2)13-6-5-7-14(20)9-13/h5-7,9-10,12H,8H2,1-4H3/q+1. The zero-order valence-corrected chi connectivity index (χ0v) is 16.7. The first-order valence-electron chi connectivity index (χ1n) is 8.16. The summed E-state index contributed by atoms with van der Waals surface area (Å²) in [6, 6.07) is 8.11. The van der Waals surface area contributed by atoms with Crippen molar-refractivity contribution in [3.8, 4) is 0 Å². The fraction of sp³-hybridized carbons (Fsp3) is 0.316. The Bertz CT molecular complexity index is 883. The fourth-order valence-electron chi connectivity index (χ4n) is 3.08. The van der Waals surface area contributed by atoms with Gasteiger partial charge in [-0.25, -0.2) is 9.63 Å². The molecule has 2 bridgehead atoms. The highest BCUT2D eigenvalue weighted by Gasteiger charge is 2.41. The first kappa shape index (κ1) is 18.4. The van der Waals surface area contributed by atoms with Gasteiger partial charge in [-0.05, 0) is 29.4 Å². The van der Waals surface area contributed by atoms with E-state index in [0.29, 0.717) is 11.3 Å². The number of carbonyl (C=O) groups excluding carboxylic acids is 1. The molecule has 0 radical (unpaired) electrons. The highest BCUT2D eigenvalue weighted by Crippen LogP contribution is 2.34. The van der Waals surface area contributed by atoms with E-state index in [-0.39, 0.29) is 11.8 Å². The maximum atomic E-state index is 12.1. The topological polar surface area (TPSA) is 60.1 Å². The number of oxime groups is 1. The molecule has 26 heavy (non-hydrogen) atoms. The van der Waals surface area contributed by atoms with Crippen molar-refractivity contribution in [1.82, 2.24) is 0 Å². The van der Waals surface area contributed by atoms with Crippen molar-refractivity contribution < 1.29 is 23.9 Å². The van der Waals surface area contributed by atoms with Crippen LogP contribution in [0.1, 0.15) is 31.9 Å². The lowest BCUT2D eigenvalue weighted by Crippen LogP contribution is -2.35. The van der Waals surface area contributed by atoms with E-state index in [9.17, 15) is 4.79 Å². The predicted octanol–water partition coefficient (Wildman–Crippen LogP) is 3.69. The van der Waals surface area contributed by atoms with E-state index < -0.39 is 5.97 Å². The Hall–Kier alpha value is -2.41. The molecule has 2 heterocycles. The van der Waals surface area contributed by atoms with Crippen molar-refractivity contribution in [1.29, 1.82) is 0 Å². The number of nitrogens with zero attached hydrogens (tertiary/aromatic N) is 2. The van der Waals surface area contributed by atoms with Crippen LogP contribution in [0.25, 0.3) is 0 Å². The van der Waals surface area contributed by atoms with Crippen molar-refractivity contribution >= 4 is 33.3 Å². The van der Waals surface area contributed by atoms with Crippen LogP contribution in [0.3, 0.4) is 0 Å². The highest BCUT2D eigenvalue weighted by molar-refractivity contribution is 9.10. The molecule has 0 fully saturated rings. The zero-order valence-electron chi connectivity index (χ0n) is 15.1. The second-order valence-corrected chi connectivity index (χ2v) is 7.01. The van der Waals surface area contributed by atoms with Gasteiger partial charge in [-0.15, -0.1) is 0 Å². The van der Waals surface area contributed by atoms with E-state index in [2.05, 4.69) is 40.1 Å². The largest absolute Gasteiger partial charge is 0.464 e. The average Bonchev–Trinajstić information content (AvgIpc) is 2.64. The Labute approximate surface area is 160 Å². The molecule has 2 aliphatic heterocycles. The molecular weight excluding hydrogens is 400 g/mol. The van der Waals surface area contributed by atoms with Crippen LogP contribution in [-0.2, 0) is 19.2 Å². The molecule has 0 amide bonds. The molecule has 1 aliphatic carbocycles. The Morgan fingerprint density at radius 1 is 1.38 bits per heavy atom. The van der Waals surface area contributed by atoms with Gasteiger partial charge in [0, 0.05) is 23.0 Å². The third kappa shape index (κ3) is 3.31. The van der Waals surface area contributed by atoms with Gasteiger partial charge in [0.2, 0.25) is 17.5 Å². The first-order valence-corrected chi connectivity index (χ1v) is 8.95. The van der Waals surface area contributed by atoms with Crippen molar-refractivity contribution in [3.05, 3.63) is 57.3 Å². The second-order valence-electron chi connectivity index (χ2n) is 6.10. The molecule has 1 aromatic rings. The molecule has 0 saturated heterocycles. The minimum absolute atomic E-state index is 0.00402. The van der Waals surface area contributed by atoms with Gasteiger partial charge < -0.3 is 9.57 Å². The highest BCUT2D eigenvalue weighted by atomic mass is 79.9. The number of esters is 1. The van der Waals surface area contributed by atoms with Crippen LogP contribution >= 0.6 is 15.9 Å². The molecular formula is C19H20BrN2O4+. The summed E-state index contributed by atoms with van der Waals surface area (Å²) in [6.45, 7) is 4.05. The van der Waals surface area contributed by atoms with Gasteiger partial charge in [-0.3, -0.25) is 0 Å². The number of hydrogen-bond acceptors (Lipinski definition) is 5. The Morgan fingerprint density at radius 2 is 2.15 bits per heavy atom. The number of halogens is 1. The van der Waals surface area contributed by atoms with E-state index in [1.807, 2.05) is 29.9 Å². The molecule has 0 N–H and O–H groups in total. The molecule has 4 rings (SSSR count). The van der Waals surface area contributed by atoms with Crippen LogP contribution in [0.4, 0.5) is 0 Å². The predicted molar refractivity (Wildman–Crippen MR) is 101 cm³/mol. The Balaban J connectivity index is 2.03. The van der Waals surface area contributed by atoms with E-state index in [1.165, 1.54) is 14.2 Å². The molecule has 136 valence electrons. The molecule has 0 aromatic heterocycles. The minimum Gasteiger partial charge on any atom is -0.464 e. The average molecular weight is 420 g/mol. The number of allylic oxidation sites excluding steroid dienone is 3. The zero-order chi connectivity index (χ0) is 18.8. The summed E-state index contributed by atoms with van der Waals surface area (Å²) in [6.07, 6.45) is 2.66. The lowest BCUT2D eigenvalue weighted by molar-refractivity contribution is -0.803. The number of ether oxygens (including phenoxy) is 1. The van der Waals surface area contributed by atoms with Crippen LogP contribution in [0.5, 0.6) is 0 Å². The van der Waals surface area contributed by atoms with Crippen LogP contribution in [0.15, 0.2) is 56.9 Å². The summed E-state index contributed by atoms with van der Waals surface area (Å²) in [4.78, 5) is 23.0. The van der Waals surface area contributed by atoms with Crippen LogP contribution in [0.2, 0.25) is 0 Å². The molecule has 0 spiro atoms. The van der Waals surface area contributed by atoms with Crippen molar-refractivity contribution in [3.63, 3.8) is 0 Å². The lowest BCUT2D eigenvalue weighted by Gasteiger charge is -2.25. The summed E-state index contributed by atoms with van der Waals surface area (Å²) in [7, 11) is 2.70. The van der Waals surface area contributed by atoms with Gasteiger partial charge in [0.15, 0.2) is 5.71 Å². The summed E-state index contributed by atoms with van der Waals surface area (Å²) < 4.78 is 7.71. The minimum atomic E-state index is -0.568. The number of rotatable bonds is 5. The maximum absolute atomic E-state index is 12.1. The quantitative estimate of drug-likeness (QED) is 0.316. The molecule has 1 aromatic carbocycles. The smallest absolute Gasteiger partial charge is 0.360 e. The number of hydroxylamine groups is 1. The first-order chi connectivity index (χ1) is 12.5. The summed E-state index contributed by atoms with van der Waals surface area (Å²) >= 11 is 3.51. The molecule has 1 atom stereocenters. The maximum Gasteiger partial charge on any atom is 0.360 e. The fourth-order valence-corrected chi connectivity index (χ4v) is 3.50. The third-order valence-corrected chi connectivity index (χ3v) is 4.85. The summed E-state index contributed by atoms with van der Waals surface area (Å²) in [5, 5.41) is 3.83. The number of methoxy groups -OCH3 is 1. The van der Waals surface area contributed by atoms with Gasteiger partial charge in [0.25, 0.3) is 0 Å². The van der Waals surface area contributed by atoms with Gasteiger partial charge >= 0.3 is 5.97 Å². The van der Waals surface area contributed by atoms with E-state index in [1.54, 1.807) is 0 Å². The van der Waals surface area contributed by atoms with Gasteiger partial charge in [0.05, 0.1) is 19.1 Å². The molecule has 6 nitrogen and oxygen atoms in total. The summed E-state index contributed by atoms with van der Waals surface area (Å²) in [5.41, 5.74) is 3.77. The Kier molecular flexibility index (Phi) is 5.27. The van der Waals surface area contributed by atoms with Crippen molar-refractivity contribution in [2.45, 2.75) is 26.3 Å². The van der Waals surface area contributed by atoms with Crippen LogP contribution in [0, 0.1) is 0 Å². The molecule has 1 unspecified atom stereocenters. The molecule has 0 saturated carbocycles. The second kappa shape index (κ2) is 7.45. The molecule has 7 heteroatoms. The van der Waals surface area contributed by atoms with Crippen molar-refractivity contribution in [2.24, 2.45) is 5.16 Å². The number of hydrogen-bond donors (Lipinski definition) is 0. The summed E-state index contributed by atoms with van der Waals surface area (Å²) in [5.74, 6) is 0.0461. The number of fused-ring (bicyclic) bond motifs is 2. The van der Waals surface area contributed by atoms with Crippen LogP contribution in [-0.4, -0.2) is 36.4 Å². The monoisotopic (exact) mass is 419 g/mol. The lowest BCUT2D eigenvalue weighted by atomic mass is 9.92. The number of carbonyl (C=O) groups is 1. The van der Waals surface area contributed by atoms with Gasteiger partial charge in [-0.2, -0.15) is 0 Å². The SMILES string of the molecule is CON=C(C(=O)OC)C1=CC2=[N+](C(C)c3cccc(Br)c3)OC1=C(C)C2.